The van der Waals surface area contributed by atoms with Crippen molar-refractivity contribution in [3.63, 3.8) is 0 Å². The Morgan fingerprint density at radius 1 is 1.33 bits per heavy atom. The van der Waals surface area contributed by atoms with Gasteiger partial charge >= 0.3 is 0 Å². The Morgan fingerprint density at radius 2 is 2.00 bits per heavy atom. The number of nitrogens with zero attached hydrogens (tertiary/aromatic N) is 1. The van der Waals surface area contributed by atoms with Gasteiger partial charge in [0.1, 0.15) is 5.60 Å². The number of rotatable bonds is 5. The van der Waals surface area contributed by atoms with Crippen LogP contribution in [0.4, 0.5) is 0 Å². The zero-order valence-corrected chi connectivity index (χ0v) is 15.8. The number of thiophene rings is 1. The van der Waals surface area contributed by atoms with Gasteiger partial charge in [-0.25, -0.2) is 0 Å². The monoisotopic (exact) mass is 370 g/mol. The number of fused-ring (bicyclic) bond motifs is 2. The predicted molar refractivity (Wildman–Crippen MR) is 98.8 cm³/mol. The topological polar surface area (TPSA) is 55.6 Å². The molecule has 0 aromatic carbocycles. The molecule has 3 atom stereocenters. The van der Waals surface area contributed by atoms with E-state index in [2.05, 4.69) is 4.90 Å². The minimum Gasteiger partial charge on any atom is -0.372 e. The van der Waals surface area contributed by atoms with E-state index in [0.29, 0.717) is 17.4 Å². The summed E-state index contributed by atoms with van der Waals surface area (Å²) in [4.78, 5) is 15.4. The van der Waals surface area contributed by atoms with Crippen LogP contribution in [-0.4, -0.2) is 37.6 Å². The molecule has 4 rings (SSSR count). The molecular formula is C18H27ClN2O2S. The average molecular weight is 371 g/mol. The number of nitrogens with two attached hydrogens (primary N) is 1. The van der Waals surface area contributed by atoms with Crippen molar-refractivity contribution < 1.29 is 9.53 Å². The van der Waals surface area contributed by atoms with E-state index in [0.717, 1.165) is 19.0 Å². The fourth-order valence-electron chi connectivity index (χ4n) is 4.85. The Balaban J connectivity index is 0.00000169. The summed E-state index contributed by atoms with van der Waals surface area (Å²) < 4.78 is 6.23. The van der Waals surface area contributed by atoms with Gasteiger partial charge in [0.05, 0.1) is 5.56 Å². The maximum absolute atomic E-state index is 11.5. The van der Waals surface area contributed by atoms with E-state index in [1.807, 2.05) is 18.6 Å². The summed E-state index contributed by atoms with van der Waals surface area (Å²) in [6.07, 6.45) is 6.55. The molecule has 1 aromatic rings. The highest BCUT2D eigenvalue weighted by atomic mass is 35.5. The number of hydrogen-bond donors (Lipinski definition) is 1. The third-order valence-electron chi connectivity index (χ3n) is 6.10. The van der Waals surface area contributed by atoms with Crippen LogP contribution in [-0.2, 0) is 10.3 Å². The first-order valence-corrected chi connectivity index (χ1v) is 9.67. The lowest BCUT2D eigenvalue weighted by Gasteiger charge is -2.55. The first kappa shape index (κ1) is 18.2. The number of piperidine rings is 1. The number of methoxy groups -OCH3 is 1. The van der Waals surface area contributed by atoms with Gasteiger partial charge in [-0.1, -0.05) is 6.42 Å². The fourth-order valence-corrected chi connectivity index (χ4v) is 6.08. The number of hydrogen-bond acceptors (Lipinski definition) is 4. The highest BCUT2D eigenvalue weighted by molar-refractivity contribution is 7.10. The Bertz CT molecular complexity index is 588. The molecule has 1 amide bonds. The van der Waals surface area contributed by atoms with Crippen LogP contribution in [0.2, 0.25) is 0 Å². The van der Waals surface area contributed by atoms with Crippen LogP contribution in [0.25, 0.3) is 0 Å². The van der Waals surface area contributed by atoms with Crippen molar-refractivity contribution >= 4 is 29.7 Å². The molecule has 1 aromatic heterocycles. The Morgan fingerprint density at radius 3 is 2.50 bits per heavy atom. The number of carbonyl (C=O) groups is 1. The van der Waals surface area contributed by atoms with Gasteiger partial charge in [-0.05, 0) is 37.7 Å². The van der Waals surface area contributed by atoms with Crippen molar-refractivity contribution in [3.05, 3.63) is 21.9 Å². The smallest absolute Gasteiger partial charge is 0.249 e. The van der Waals surface area contributed by atoms with Gasteiger partial charge < -0.3 is 15.4 Å². The van der Waals surface area contributed by atoms with E-state index in [1.165, 1.54) is 43.5 Å². The van der Waals surface area contributed by atoms with Gasteiger partial charge in [0.25, 0.3) is 0 Å². The van der Waals surface area contributed by atoms with Crippen LogP contribution >= 0.6 is 23.7 Å². The van der Waals surface area contributed by atoms with E-state index in [9.17, 15) is 4.79 Å². The molecular weight excluding hydrogens is 344 g/mol. The van der Waals surface area contributed by atoms with Crippen molar-refractivity contribution in [1.82, 2.24) is 4.90 Å². The Hall–Kier alpha value is -0.620. The summed E-state index contributed by atoms with van der Waals surface area (Å²) in [5.41, 5.74) is 5.87. The first-order valence-electron chi connectivity index (χ1n) is 8.79. The minimum absolute atomic E-state index is 0. The van der Waals surface area contributed by atoms with Gasteiger partial charge in [-0.3, -0.25) is 4.79 Å². The molecule has 4 nitrogen and oxygen atoms in total. The van der Waals surface area contributed by atoms with E-state index in [-0.39, 0.29) is 23.9 Å². The molecule has 1 saturated heterocycles. The molecule has 2 aliphatic carbocycles. The zero-order chi connectivity index (χ0) is 16.0. The molecule has 2 heterocycles. The van der Waals surface area contributed by atoms with Gasteiger partial charge in [-0.15, -0.1) is 23.7 Å². The second-order valence-corrected chi connectivity index (χ2v) is 8.46. The molecule has 2 bridgehead atoms. The second kappa shape index (κ2) is 6.94. The van der Waals surface area contributed by atoms with Crippen LogP contribution in [0.1, 0.15) is 47.3 Å². The van der Waals surface area contributed by atoms with Gasteiger partial charge in [0.15, 0.2) is 0 Å². The molecule has 0 unspecified atom stereocenters. The van der Waals surface area contributed by atoms with Gasteiger partial charge in [0.2, 0.25) is 5.91 Å². The summed E-state index contributed by atoms with van der Waals surface area (Å²) in [5, 5.41) is 1.89. The molecule has 6 heteroatoms. The minimum atomic E-state index is -0.338. The van der Waals surface area contributed by atoms with E-state index >= 15 is 0 Å². The third kappa shape index (κ3) is 3.00. The maximum atomic E-state index is 11.5. The van der Waals surface area contributed by atoms with Crippen LogP contribution in [0, 0.1) is 17.8 Å². The Kier molecular flexibility index (Phi) is 5.26. The predicted octanol–water partition coefficient (Wildman–Crippen LogP) is 3.25. The Labute approximate surface area is 154 Å². The largest absolute Gasteiger partial charge is 0.372 e. The van der Waals surface area contributed by atoms with E-state index < -0.39 is 0 Å². The van der Waals surface area contributed by atoms with E-state index in [4.69, 9.17) is 10.5 Å². The van der Waals surface area contributed by atoms with Crippen molar-refractivity contribution in [2.75, 3.05) is 26.7 Å². The van der Waals surface area contributed by atoms with Crippen molar-refractivity contribution in [3.8, 4) is 0 Å². The molecule has 1 aliphatic heterocycles. The number of halogens is 1. The molecule has 24 heavy (non-hydrogen) atoms. The van der Waals surface area contributed by atoms with Crippen LogP contribution in [0.3, 0.4) is 0 Å². The standard InChI is InChI=1S/C18H26N2O2S.ClH/c1-22-18(16-7-13(11-23-16)17(19)21)14-3-2-4-15(18)10-20(9-14)8-12-5-6-12;/h7,11-12,14-15H,2-6,8-10H2,1H3,(H2,19,21);1H/t14-,15+,18+;. The van der Waals surface area contributed by atoms with Crippen LogP contribution in [0.5, 0.6) is 0 Å². The lowest BCUT2D eigenvalue weighted by Crippen LogP contribution is -2.59. The molecule has 2 saturated carbocycles. The van der Waals surface area contributed by atoms with Crippen LogP contribution < -0.4 is 5.73 Å². The molecule has 134 valence electrons. The summed E-state index contributed by atoms with van der Waals surface area (Å²) in [6, 6.07) is 1.98. The molecule has 2 N–H and O–H groups in total. The highest BCUT2D eigenvalue weighted by Crippen LogP contribution is 2.53. The lowest BCUT2D eigenvalue weighted by atomic mass is 9.64. The maximum Gasteiger partial charge on any atom is 0.249 e. The number of amides is 1. The van der Waals surface area contributed by atoms with Crippen molar-refractivity contribution in [2.45, 2.75) is 37.7 Å². The van der Waals surface area contributed by atoms with Crippen molar-refractivity contribution in [2.24, 2.45) is 23.5 Å². The quantitative estimate of drug-likeness (QED) is 0.865. The SMILES string of the molecule is CO[C@@]1(c2cc(C(N)=O)cs2)[C@@H]2CCC[C@H]1CN(CC1CC1)C2.Cl. The summed E-state index contributed by atoms with van der Waals surface area (Å²) in [6.45, 7) is 3.53. The van der Waals surface area contributed by atoms with E-state index in [1.54, 1.807) is 11.3 Å². The first-order chi connectivity index (χ1) is 11.1. The number of ether oxygens (including phenoxy) is 1. The molecule has 3 fully saturated rings. The van der Waals surface area contributed by atoms with Crippen LogP contribution in [0.15, 0.2) is 11.4 Å². The molecule has 0 radical (unpaired) electrons. The lowest BCUT2D eigenvalue weighted by molar-refractivity contribution is -0.167. The highest BCUT2D eigenvalue weighted by Gasteiger charge is 2.54. The van der Waals surface area contributed by atoms with Gasteiger partial charge in [-0.2, -0.15) is 0 Å². The zero-order valence-electron chi connectivity index (χ0n) is 14.2. The summed E-state index contributed by atoms with van der Waals surface area (Å²) in [7, 11) is 1.85. The summed E-state index contributed by atoms with van der Waals surface area (Å²) in [5.74, 6) is 1.65. The third-order valence-corrected chi connectivity index (χ3v) is 7.16. The number of primary amides is 1. The normalized spacial score (nSPS) is 33.0. The summed E-state index contributed by atoms with van der Waals surface area (Å²) >= 11 is 1.65. The number of likely N-dealkylation sites (tertiary alicyclic amines) is 1. The van der Waals surface area contributed by atoms with Crippen molar-refractivity contribution in [1.29, 1.82) is 0 Å². The number of carbonyl (C=O) groups excluding carboxylic acids is 1. The fraction of sp³-hybridized carbons (Fsp3) is 0.722. The van der Waals surface area contributed by atoms with Gasteiger partial charge in [0, 0.05) is 48.8 Å². The second-order valence-electron chi connectivity index (χ2n) is 7.55. The molecule has 0 spiro atoms. The average Bonchev–Trinajstić information content (AvgIpc) is 3.18. The molecule has 3 aliphatic rings.